The smallest absolute Gasteiger partial charge is 0.227 e. The zero-order chi connectivity index (χ0) is 19.5. The highest BCUT2D eigenvalue weighted by molar-refractivity contribution is 5.92. The van der Waals surface area contributed by atoms with E-state index in [4.69, 9.17) is 4.98 Å². The molecule has 0 unspecified atom stereocenters. The molecule has 0 saturated carbocycles. The predicted molar refractivity (Wildman–Crippen MR) is 108 cm³/mol. The van der Waals surface area contributed by atoms with Crippen LogP contribution in [0.4, 0.5) is 10.1 Å². The van der Waals surface area contributed by atoms with E-state index in [1.54, 1.807) is 18.2 Å². The highest BCUT2D eigenvalue weighted by Gasteiger charge is 2.26. The van der Waals surface area contributed by atoms with Gasteiger partial charge in [-0.25, -0.2) is 9.37 Å². The van der Waals surface area contributed by atoms with Crippen LogP contribution in [0.5, 0.6) is 0 Å². The zero-order valence-electron chi connectivity index (χ0n) is 16.1. The lowest BCUT2D eigenvalue weighted by molar-refractivity contribution is -0.121. The Balaban J connectivity index is 1.37. The largest absolute Gasteiger partial charge is 0.327 e. The number of anilines is 1. The summed E-state index contributed by atoms with van der Waals surface area (Å²) in [6, 6.07) is 14.5. The fraction of sp³-hybridized carbons (Fsp3) is 0.364. The van der Waals surface area contributed by atoms with Crippen molar-refractivity contribution in [3.63, 3.8) is 0 Å². The molecule has 6 heteroatoms. The average molecular weight is 380 g/mol. The van der Waals surface area contributed by atoms with Crippen LogP contribution in [0.3, 0.4) is 0 Å². The van der Waals surface area contributed by atoms with Gasteiger partial charge in [0.1, 0.15) is 11.6 Å². The first-order valence-electron chi connectivity index (χ1n) is 9.87. The minimum absolute atomic E-state index is 0.0825. The summed E-state index contributed by atoms with van der Waals surface area (Å²) in [4.78, 5) is 19.6. The van der Waals surface area contributed by atoms with Crippen molar-refractivity contribution in [3.8, 4) is 0 Å². The molecule has 0 bridgehead atoms. The molecule has 146 valence electrons. The Kier molecular flexibility index (Phi) is 5.39. The molecule has 28 heavy (non-hydrogen) atoms. The molecule has 1 aromatic heterocycles. The molecule has 0 aliphatic carbocycles. The quantitative estimate of drug-likeness (QED) is 0.727. The van der Waals surface area contributed by atoms with E-state index in [2.05, 4.69) is 27.8 Å². The van der Waals surface area contributed by atoms with Crippen LogP contribution in [0.1, 0.15) is 25.6 Å². The Morgan fingerprint density at radius 1 is 1.14 bits per heavy atom. The van der Waals surface area contributed by atoms with Crippen LogP contribution in [0, 0.1) is 11.7 Å². The Morgan fingerprint density at radius 3 is 2.61 bits per heavy atom. The lowest BCUT2D eigenvalue weighted by Crippen LogP contribution is -2.38. The third kappa shape index (κ3) is 3.78. The van der Waals surface area contributed by atoms with E-state index in [-0.39, 0.29) is 17.5 Å². The highest BCUT2D eigenvalue weighted by atomic mass is 19.1. The molecule has 1 saturated heterocycles. The summed E-state index contributed by atoms with van der Waals surface area (Å²) in [5, 5.41) is 2.73. The summed E-state index contributed by atoms with van der Waals surface area (Å²) < 4.78 is 16.0. The minimum Gasteiger partial charge on any atom is -0.327 e. The zero-order valence-corrected chi connectivity index (χ0v) is 16.1. The van der Waals surface area contributed by atoms with Gasteiger partial charge in [-0.05, 0) is 57.1 Å². The molecule has 0 radical (unpaired) electrons. The second-order valence-electron chi connectivity index (χ2n) is 7.28. The Hall–Kier alpha value is -2.73. The second-order valence-corrected chi connectivity index (χ2v) is 7.28. The van der Waals surface area contributed by atoms with Crippen molar-refractivity contribution in [2.75, 3.05) is 18.4 Å². The Labute approximate surface area is 164 Å². The van der Waals surface area contributed by atoms with Crippen LogP contribution in [-0.2, 0) is 17.9 Å². The van der Waals surface area contributed by atoms with Gasteiger partial charge in [-0.3, -0.25) is 9.69 Å². The van der Waals surface area contributed by atoms with Crippen LogP contribution < -0.4 is 5.32 Å². The number of imidazole rings is 1. The van der Waals surface area contributed by atoms with Gasteiger partial charge in [0.05, 0.1) is 23.3 Å². The van der Waals surface area contributed by atoms with Crippen molar-refractivity contribution in [2.24, 2.45) is 5.92 Å². The van der Waals surface area contributed by atoms with E-state index in [9.17, 15) is 9.18 Å². The van der Waals surface area contributed by atoms with Crippen molar-refractivity contribution in [1.29, 1.82) is 0 Å². The Morgan fingerprint density at radius 2 is 1.86 bits per heavy atom. The first kappa shape index (κ1) is 18.6. The van der Waals surface area contributed by atoms with Gasteiger partial charge >= 0.3 is 0 Å². The SMILES string of the molecule is CCn1c(CN2CCC(C(=O)Nc3ccccc3F)CC2)nc2ccccc21. The molecule has 2 heterocycles. The van der Waals surface area contributed by atoms with Crippen LogP contribution in [0.2, 0.25) is 0 Å². The van der Waals surface area contributed by atoms with Crippen LogP contribution in [0.15, 0.2) is 48.5 Å². The monoisotopic (exact) mass is 380 g/mol. The normalized spacial score (nSPS) is 15.8. The predicted octanol–water partition coefficient (Wildman–Crippen LogP) is 4.05. The van der Waals surface area contributed by atoms with Gasteiger partial charge in [0.25, 0.3) is 0 Å². The maximum atomic E-state index is 13.7. The van der Waals surface area contributed by atoms with E-state index in [1.807, 2.05) is 18.2 Å². The number of aromatic nitrogens is 2. The number of piperidine rings is 1. The van der Waals surface area contributed by atoms with Crippen molar-refractivity contribution < 1.29 is 9.18 Å². The molecule has 1 fully saturated rings. The maximum absolute atomic E-state index is 13.7. The summed E-state index contributed by atoms with van der Waals surface area (Å²) in [5.41, 5.74) is 2.45. The number of nitrogens with one attached hydrogen (secondary N) is 1. The standard InChI is InChI=1S/C22H25FN4O/c1-2-27-20-10-6-5-9-19(20)24-21(27)15-26-13-11-16(12-14-26)22(28)25-18-8-4-3-7-17(18)23/h3-10,16H,2,11-15H2,1H3,(H,25,28). The van der Waals surface area contributed by atoms with Crippen molar-refractivity contribution >= 4 is 22.6 Å². The number of hydrogen-bond acceptors (Lipinski definition) is 3. The van der Waals surface area contributed by atoms with Crippen molar-refractivity contribution in [2.45, 2.75) is 32.9 Å². The van der Waals surface area contributed by atoms with Gasteiger partial charge in [-0.15, -0.1) is 0 Å². The first-order valence-corrected chi connectivity index (χ1v) is 9.87. The number of benzene rings is 2. The molecular weight excluding hydrogens is 355 g/mol. The van der Waals surface area contributed by atoms with Gasteiger partial charge in [0.2, 0.25) is 5.91 Å². The molecule has 3 aromatic rings. The third-order valence-corrected chi connectivity index (χ3v) is 5.50. The van der Waals surface area contributed by atoms with E-state index < -0.39 is 5.82 Å². The number of rotatable bonds is 5. The number of hydrogen-bond donors (Lipinski definition) is 1. The summed E-state index contributed by atoms with van der Waals surface area (Å²) in [5.74, 6) is 0.496. The average Bonchev–Trinajstić information content (AvgIpc) is 3.07. The molecular formula is C22H25FN4O. The number of amides is 1. The first-order chi connectivity index (χ1) is 13.7. The molecule has 0 spiro atoms. The number of aryl methyl sites for hydroxylation is 1. The Bertz CT molecular complexity index is 976. The van der Waals surface area contributed by atoms with Crippen LogP contribution in [0.25, 0.3) is 11.0 Å². The number of nitrogens with zero attached hydrogens (tertiary/aromatic N) is 3. The molecule has 4 rings (SSSR count). The van der Waals surface area contributed by atoms with Gasteiger partial charge in [-0.2, -0.15) is 0 Å². The van der Waals surface area contributed by atoms with E-state index in [1.165, 1.54) is 11.6 Å². The molecule has 5 nitrogen and oxygen atoms in total. The fourth-order valence-electron chi connectivity index (χ4n) is 3.95. The molecule has 1 aliphatic heterocycles. The van der Waals surface area contributed by atoms with Crippen LogP contribution in [-0.4, -0.2) is 33.4 Å². The number of halogens is 1. The highest BCUT2D eigenvalue weighted by Crippen LogP contribution is 2.23. The van der Waals surface area contributed by atoms with Crippen molar-refractivity contribution in [3.05, 3.63) is 60.2 Å². The van der Waals surface area contributed by atoms with E-state index >= 15 is 0 Å². The third-order valence-electron chi connectivity index (χ3n) is 5.50. The summed E-state index contributed by atoms with van der Waals surface area (Å²) in [6.07, 6.45) is 1.54. The van der Waals surface area contributed by atoms with Crippen molar-refractivity contribution in [1.82, 2.24) is 14.5 Å². The van der Waals surface area contributed by atoms with E-state index in [0.29, 0.717) is 0 Å². The second kappa shape index (κ2) is 8.10. The van der Waals surface area contributed by atoms with Crippen LogP contribution >= 0.6 is 0 Å². The number of likely N-dealkylation sites (tertiary alicyclic amines) is 1. The van der Waals surface area contributed by atoms with Gasteiger partial charge < -0.3 is 9.88 Å². The molecule has 2 aromatic carbocycles. The van der Waals surface area contributed by atoms with Gasteiger partial charge in [0, 0.05) is 12.5 Å². The number of fused-ring (bicyclic) bond motifs is 1. The summed E-state index contributed by atoms with van der Waals surface area (Å²) >= 11 is 0. The molecule has 1 amide bonds. The maximum Gasteiger partial charge on any atom is 0.227 e. The lowest BCUT2D eigenvalue weighted by Gasteiger charge is -2.31. The topological polar surface area (TPSA) is 50.2 Å². The van der Waals surface area contributed by atoms with Gasteiger partial charge in [0.15, 0.2) is 0 Å². The summed E-state index contributed by atoms with van der Waals surface area (Å²) in [6.45, 7) is 5.48. The van der Waals surface area contributed by atoms with E-state index in [0.717, 1.165) is 50.4 Å². The minimum atomic E-state index is -0.397. The fourth-order valence-corrected chi connectivity index (χ4v) is 3.95. The summed E-state index contributed by atoms with van der Waals surface area (Å²) in [7, 11) is 0. The number of carbonyl (C=O) groups excluding carboxylic acids is 1. The van der Waals surface area contributed by atoms with Gasteiger partial charge in [-0.1, -0.05) is 24.3 Å². The lowest BCUT2D eigenvalue weighted by atomic mass is 9.95. The number of para-hydroxylation sites is 3. The number of carbonyl (C=O) groups is 1. The molecule has 1 aliphatic rings. The molecule has 1 N–H and O–H groups in total. The molecule has 0 atom stereocenters.